The van der Waals surface area contributed by atoms with Gasteiger partial charge >= 0.3 is 0 Å². The zero-order valence-electron chi connectivity index (χ0n) is 12.1. The van der Waals surface area contributed by atoms with Gasteiger partial charge in [0.2, 0.25) is 0 Å². The second-order valence-corrected chi connectivity index (χ2v) is 5.79. The minimum atomic E-state index is -1.00. The lowest BCUT2D eigenvalue weighted by Crippen LogP contribution is -2.41. The van der Waals surface area contributed by atoms with Crippen LogP contribution < -0.4 is 0 Å². The van der Waals surface area contributed by atoms with Crippen LogP contribution in [0.15, 0.2) is 0 Å². The quantitative estimate of drug-likeness (QED) is 0.505. The largest absolute Gasteiger partial charge is 0.394 e. The van der Waals surface area contributed by atoms with Crippen LogP contribution in [0.25, 0.3) is 0 Å². The highest BCUT2D eigenvalue weighted by atomic mass is 16.3. The molecule has 4 heteroatoms. The molecule has 0 aliphatic carbocycles. The second-order valence-electron chi connectivity index (χ2n) is 5.79. The maximum atomic E-state index is 10.1. The Kier molecular flexibility index (Phi) is 8.03. The monoisotopic (exact) mass is 262 g/mol. The van der Waals surface area contributed by atoms with Gasteiger partial charge in [-0.05, 0) is 18.3 Å². The fourth-order valence-corrected chi connectivity index (χ4v) is 2.40. The van der Waals surface area contributed by atoms with Crippen LogP contribution in [0.4, 0.5) is 0 Å². The summed E-state index contributed by atoms with van der Waals surface area (Å²) in [5, 5.41) is 38.4. The normalized spacial score (nSPS) is 22.0. The van der Waals surface area contributed by atoms with E-state index in [-0.39, 0.29) is 5.41 Å². The second kappa shape index (κ2) is 8.10. The zero-order chi connectivity index (χ0) is 14.3. The molecule has 110 valence electrons. The number of aliphatic hydroxyl groups is 4. The van der Waals surface area contributed by atoms with Gasteiger partial charge in [0.15, 0.2) is 0 Å². The van der Waals surface area contributed by atoms with Crippen LogP contribution >= 0.6 is 0 Å². The molecule has 0 aromatic rings. The van der Waals surface area contributed by atoms with E-state index in [0.29, 0.717) is 6.42 Å². The molecular weight excluding hydrogens is 232 g/mol. The van der Waals surface area contributed by atoms with Crippen LogP contribution in [0.2, 0.25) is 0 Å². The van der Waals surface area contributed by atoms with E-state index in [2.05, 4.69) is 20.8 Å². The molecule has 0 heterocycles. The first-order chi connectivity index (χ1) is 8.31. The fourth-order valence-electron chi connectivity index (χ4n) is 2.40. The van der Waals surface area contributed by atoms with E-state index in [1.165, 1.54) is 0 Å². The Morgan fingerprint density at radius 2 is 1.61 bits per heavy atom. The van der Waals surface area contributed by atoms with Gasteiger partial charge in [0.25, 0.3) is 0 Å². The smallest absolute Gasteiger partial charge is 0.0850 e. The molecule has 0 saturated carbocycles. The molecule has 18 heavy (non-hydrogen) atoms. The molecule has 0 saturated heterocycles. The first-order valence-electron chi connectivity index (χ1n) is 6.96. The van der Waals surface area contributed by atoms with E-state index in [9.17, 15) is 15.3 Å². The molecule has 0 spiro atoms. The minimum absolute atomic E-state index is 0.0129. The number of hydrogen-bond acceptors (Lipinski definition) is 4. The van der Waals surface area contributed by atoms with Gasteiger partial charge in [-0.3, -0.25) is 0 Å². The number of aliphatic hydroxyl groups excluding tert-OH is 4. The molecule has 5 atom stereocenters. The van der Waals surface area contributed by atoms with E-state index in [1.54, 1.807) is 6.92 Å². The lowest BCUT2D eigenvalue weighted by Gasteiger charge is -2.34. The third-order valence-corrected chi connectivity index (χ3v) is 4.14. The third kappa shape index (κ3) is 5.22. The van der Waals surface area contributed by atoms with Gasteiger partial charge < -0.3 is 20.4 Å². The topological polar surface area (TPSA) is 80.9 Å². The Morgan fingerprint density at radius 3 is 2.00 bits per heavy atom. The molecule has 0 rings (SSSR count). The maximum Gasteiger partial charge on any atom is 0.0850 e. The number of rotatable bonds is 9. The molecule has 0 fully saturated rings. The summed E-state index contributed by atoms with van der Waals surface area (Å²) >= 11 is 0. The molecule has 4 N–H and O–H groups in total. The number of hydrogen-bond donors (Lipinski definition) is 4. The third-order valence-electron chi connectivity index (χ3n) is 4.14. The highest BCUT2D eigenvalue weighted by Gasteiger charge is 2.33. The Morgan fingerprint density at radius 1 is 1.06 bits per heavy atom. The first-order valence-corrected chi connectivity index (χ1v) is 6.96. The van der Waals surface area contributed by atoms with Crippen LogP contribution in [0.1, 0.15) is 53.4 Å². The molecule has 0 radical (unpaired) electrons. The van der Waals surface area contributed by atoms with Crippen molar-refractivity contribution in [3.63, 3.8) is 0 Å². The molecule has 0 bridgehead atoms. The van der Waals surface area contributed by atoms with E-state index < -0.39 is 30.8 Å². The van der Waals surface area contributed by atoms with Crippen molar-refractivity contribution in [2.75, 3.05) is 6.61 Å². The highest BCUT2D eigenvalue weighted by molar-refractivity contribution is 4.83. The maximum absolute atomic E-state index is 10.1. The molecule has 5 unspecified atom stereocenters. The standard InChI is InChI=1S/C14H30O4/c1-5-7-14(4,6-2)8-11(16)13(18)10(3)12(17)9-15/h10-13,15-18H,5-9H2,1-4H3. The van der Waals surface area contributed by atoms with Crippen LogP contribution in [0.3, 0.4) is 0 Å². The van der Waals surface area contributed by atoms with Crippen molar-refractivity contribution in [1.82, 2.24) is 0 Å². The predicted octanol–water partition coefficient (Wildman–Crippen LogP) is 1.30. The van der Waals surface area contributed by atoms with Gasteiger partial charge in [-0.15, -0.1) is 0 Å². The summed E-state index contributed by atoms with van der Waals surface area (Å²) in [4.78, 5) is 0. The summed E-state index contributed by atoms with van der Waals surface area (Å²) in [6.45, 7) is 7.54. The Labute approximate surface area is 111 Å². The van der Waals surface area contributed by atoms with Crippen molar-refractivity contribution in [3.05, 3.63) is 0 Å². The average molecular weight is 262 g/mol. The summed E-state index contributed by atoms with van der Waals surface area (Å²) in [6.07, 6.45) is 0.649. The van der Waals surface area contributed by atoms with Crippen LogP contribution in [0.5, 0.6) is 0 Å². The summed E-state index contributed by atoms with van der Waals surface area (Å²) in [5.41, 5.74) is 0.0129. The van der Waals surface area contributed by atoms with Gasteiger partial charge in [0.05, 0.1) is 24.9 Å². The van der Waals surface area contributed by atoms with E-state index in [0.717, 1.165) is 19.3 Å². The van der Waals surface area contributed by atoms with Crippen LogP contribution in [0, 0.1) is 11.3 Å². The van der Waals surface area contributed by atoms with Crippen molar-refractivity contribution >= 4 is 0 Å². The Bertz CT molecular complexity index is 222. The molecule has 0 aromatic heterocycles. The van der Waals surface area contributed by atoms with Crippen molar-refractivity contribution in [2.24, 2.45) is 11.3 Å². The molecule has 0 aliphatic rings. The van der Waals surface area contributed by atoms with Gasteiger partial charge in [0, 0.05) is 5.92 Å². The lowest BCUT2D eigenvalue weighted by molar-refractivity contribution is -0.0771. The molecule has 0 aliphatic heterocycles. The van der Waals surface area contributed by atoms with Gasteiger partial charge in [-0.1, -0.05) is 40.5 Å². The first kappa shape index (κ1) is 17.8. The zero-order valence-corrected chi connectivity index (χ0v) is 12.1. The Balaban J connectivity index is 4.50. The van der Waals surface area contributed by atoms with Crippen molar-refractivity contribution in [2.45, 2.75) is 71.7 Å². The summed E-state index contributed by atoms with van der Waals surface area (Å²) < 4.78 is 0. The Hall–Kier alpha value is -0.160. The van der Waals surface area contributed by atoms with Crippen molar-refractivity contribution < 1.29 is 20.4 Å². The summed E-state index contributed by atoms with van der Waals surface area (Å²) in [6, 6.07) is 0. The molecule has 0 amide bonds. The van der Waals surface area contributed by atoms with E-state index in [4.69, 9.17) is 5.11 Å². The van der Waals surface area contributed by atoms with Crippen LogP contribution in [-0.2, 0) is 0 Å². The summed E-state index contributed by atoms with van der Waals surface area (Å²) in [7, 11) is 0. The molecular formula is C14H30O4. The van der Waals surface area contributed by atoms with E-state index in [1.807, 2.05) is 0 Å². The van der Waals surface area contributed by atoms with Gasteiger partial charge in [-0.2, -0.15) is 0 Å². The van der Waals surface area contributed by atoms with E-state index >= 15 is 0 Å². The minimum Gasteiger partial charge on any atom is -0.394 e. The van der Waals surface area contributed by atoms with Crippen molar-refractivity contribution in [3.8, 4) is 0 Å². The van der Waals surface area contributed by atoms with Crippen LogP contribution in [-0.4, -0.2) is 45.3 Å². The van der Waals surface area contributed by atoms with Crippen molar-refractivity contribution in [1.29, 1.82) is 0 Å². The molecule has 0 aromatic carbocycles. The SMILES string of the molecule is CCCC(C)(CC)CC(O)C(O)C(C)C(O)CO. The fraction of sp³-hybridized carbons (Fsp3) is 1.00. The van der Waals surface area contributed by atoms with Gasteiger partial charge in [0.1, 0.15) is 0 Å². The lowest BCUT2D eigenvalue weighted by atomic mass is 9.76. The van der Waals surface area contributed by atoms with Gasteiger partial charge in [-0.25, -0.2) is 0 Å². The predicted molar refractivity (Wildman–Crippen MR) is 72.2 cm³/mol. The molecule has 4 nitrogen and oxygen atoms in total. The average Bonchev–Trinajstić information content (AvgIpc) is 2.36. The summed E-state index contributed by atoms with van der Waals surface area (Å²) in [5.74, 6) is -0.535. The highest BCUT2D eigenvalue weighted by Crippen LogP contribution is 2.34.